The Hall–Kier alpha value is -2.98. The van der Waals surface area contributed by atoms with Crippen LogP contribution in [0.15, 0.2) is 72.8 Å². The van der Waals surface area contributed by atoms with Gasteiger partial charge in [0.2, 0.25) is 0 Å². The van der Waals surface area contributed by atoms with E-state index in [1.54, 1.807) is 13.2 Å². The van der Waals surface area contributed by atoms with Crippen molar-refractivity contribution in [1.29, 1.82) is 0 Å². The summed E-state index contributed by atoms with van der Waals surface area (Å²) in [4.78, 5) is 13.0. The van der Waals surface area contributed by atoms with E-state index in [0.717, 1.165) is 11.1 Å². The van der Waals surface area contributed by atoms with Crippen LogP contribution in [0.2, 0.25) is 5.02 Å². The fraction of sp³-hybridized carbons (Fsp3) is 0.136. The Morgan fingerprint density at radius 1 is 1.00 bits per heavy atom. The Morgan fingerprint density at radius 2 is 1.78 bits per heavy atom. The first-order chi connectivity index (χ1) is 13.1. The fourth-order valence-electron chi connectivity index (χ4n) is 2.75. The molecule has 0 radical (unpaired) electrons. The highest BCUT2D eigenvalue weighted by molar-refractivity contribution is 6.33. The lowest BCUT2D eigenvalue weighted by Crippen LogP contribution is -2.27. The van der Waals surface area contributed by atoms with Gasteiger partial charge in [0.15, 0.2) is 0 Å². The van der Waals surface area contributed by atoms with Gasteiger partial charge in [-0.1, -0.05) is 54.1 Å². The molecule has 3 aromatic rings. The summed E-state index contributed by atoms with van der Waals surface area (Å²) in [7, 11) is 1.59. The van der Waals surface area contributed by atoms with E-state index in [9.17, 15) is 4.79 Å². The van der Waals surface area contributed by atoms with Crippen molar-refractivity contribution in [2.75, 3.05) is 17.7 Å². The number of carbonyl (C=O) groups excluding carboxylic acids is 1. The Balaban J connectivity index is 1.88. The van der Waals surface area contributed by atoms with E-state index in [0.29, 0.717) is 22.1 Å². The van der Waals surface area contributed by atoms with Gasteiger partial charge in [-0.2, -0.15) is 0 Å². The van der Waals surface area contributed by atoms with E-state index in [2.05, 4.69) is 10.6 Å². The molecule has 0 aliphatic rings. The predicted molar refractivity (Wildman–Crippen MR) is 111 cm³/mol. The van der Waals surface area contributed by atoms with Gasteiger partial charge in [0.1, 0.15) is 11.8 Å². The van der Waals surface area contributed by atoms with Crippen LogP contribution in [0.25, 0.3) is 0 Å². The average molecular weight is 381 g/mol. The zero-order chi connectivity index (χ0) is 19.2. The van der Waals surface area contributed by atoms with E-state index in [-0.39, 0.29) is 5.91 Å². The van der Waals surface area contributed by atoms with E-state index >= 15 is 0 Å². The summed E-state index contributed by atoms with van der Waals surface area (Å²) in [6.07, 6.45) is 0. The molecular formula is C22H21ClN2O2. The first kappa shape index (κ1) is 18.8. The number of anilines is 2. The fourth-order valence-corrected chi connectivity index (χ4v) is 3.04. The quantitative estimate of drug-likeness (QED) is 0.597. The van der Waals surface area contributed by atoms with Crippen molar-refractivity contribution in [3.8, 4) is 5.75 Å². The number of ether oxygens (including phenoxy) is 1. The summed E-state index contributed by atoms with van der Waals surface area (Å²) in [5, 5.41) is 6.78. The largest absolute Gasteiger partial charge is 0.497 e. The average Bonchev–Trinajstić information content (AvgIpc) is 2.68. The van der Waals surface area contributed by atoms with Gasteiger partial charge in [0.25, 0.3) is 5.91 Å². The van der Waals surface area contributed by atoms with Gasteiger partial charge in [-0.3, -0.25) is 4.79 Å². The third kappa shape index (κ3) is 4.80. The van der Waals surface area contributed by atoms with Gasteiger partial charge >= 0.3 is 0 Å². The molecule has 1 atom stereocenters. The number of carbonyl (C=O) groups is 1. The van der Waals surface area contributed by atoms with Gasteiger partial charge in [0.05, 0.1) is 17.8 Å². The molecule has 2 N–H and O–H groups in total. The topological polar surface area (TPSA) is 50.4 Å². The molecular weight excluding hydrogens is 360 g/mol. The number of aryl methyl sites for hydroxylation is 1. The highest BCUT2D eigenvalue weighted by Gasteiger charge is 2.21. The minimum absolute atomic E-state index is 0.189. The summed E-state index contributed by atoms with van der Waals surface area (Å²) in [5.41, 5.74) is 3.27. The van der Waals surface area contributed by atoms with Crippen LogP contribution in [0, 0.1) is 6.92 Å². The lowest BCUT2D eigenvalue weighted by Gasteiger charge is -2.21. The smallest absolute Gasteiger partial charge is 0.251 e. The first-order valence-electron chi connectivity index (χ1n) is 8.59. The normalized spacial score (nSPS) is 11.5. The van der Waals surface area contributed by atoms with Crippen molar-refractivity contribution in [3.63, 3.8) is 0 Å². The van der Waals surface area contributed by atoms with Crippen LogP contribution >= 0.6 is 11.6 Å². The van der Waals surface area contributed by atoms with Crippen molar-refractivity contribution in [3.05, 3.63) is 88.9 Å². The number of hydrogen-bond donors (Lipinski definition) is 2. The molecule has 0 saturated heterocycles. The van der Waals surface area contributed by atoms with E-state index in [1.807, 2.05) is 73.7 Å². The number of halogens is 1. The maximum atomic E-state index is 13.0. The molecule has 5 heteroatoms. The number of rotatable bonds is 6. The van der Waals surface area contributed by atoms with Crippen LogP contribution in [0.1, 0.15) is 17.2 Å². The number of hydrogen-bond acceptors (Lipinski definition) is 3. The summed E-state index contributed by atoms with van der Waals surface area (Å²) in [6, 6.07) is 21.9. The van der Waals surface area contributed by atoms with Crippen LogP contribution in [-0.2, 0) is 4.79 Å². The van der Waals surface area contributed by atoms with Crippen LogP contribution in [0.3, 0.4) is 0 Å². The highest BCUT2D eigenvalue weighted by Crippen LogP contribution is 2.28. The molecule has 27 heavy (non-hydrogen) atoms. The molecule has 4 nitrogen and oxygen atoms in total. The zero-order valence-corrected chi connectivity index (χ0v) is 16.0. The third-order valence-electron chi connectivity index (χ3n) is 4.16. The van der Waals surface area contributed by atoms with Gasteiger partial charge < -0.3 is 15.4 Å². The second-order valence-corrected chi connectivity index (χ2v) is 6.60. The SMILES string of the molecule is COc1cccc(NC(=O)[C@H](Nc2ccc(C)cc2Cl)c2ccccc2)c1. The molecule has 1 amide bonds. The molecule has 0 unspecified atom stereocenters. The third-order valence-corrected chi connectivity index (χ3v) is 4.47. The van der Waals surface area contributed by atoms with Gasteiger partial charge in [-0.25, -0.2) is 0 Å². The van der Waals surface area contributed by atoms with Crippen LogP contribution in [0.4, 0.5) is 11.4 Å². The summed E-state index contributed by atoms with van der Waals surface area (Å²) in [5.74, 6) is 0.490. The maximum Gasteiger partial charge on any atom is 0.251 e. The number of benzene rings is 3. The molecule has 3 aromatic carbocycles. The first-order valence-corrected chi connectivity index (χ1v) is 8.97. The second kappa shape index (κ2) is 8.60. The minimum Gasteiger partial charge on any atom is -0.497 e. The molecule has 0 aromatic heterocycles. The Bertz CT molecular complexity index is 929. The second-order valence-electron chi connectivity index (χ2n) is 6.19. The van der Waals surface area contributed by atoms with Crippen molar-refractivity contribution in [2.24, 2.45) is 0 Å². The van der Waals surface area contributed by atoms with Gasteiger partial charge in [-0.15, -0.1) is 0 Å². The summed E-state index contributed by atoms with van der Waals surface area (Å²) < 4.78 is 5.22. The molecule has 0 bridgehead atoms. The van der Waals surface area contributed by atoms with E-state index in [4.69, 9.17) is 16.3 Å². The lowest BCUT2D eigenvalue weighted by molar-refractivity contribution is -0.117. The standard InChI is InChI=1S/C22H21ClN2O2/c1-15-11-12-20(19(23)13-15)25-21(16-7-4-3-5-8-16)22(26)24-17-9-6-10-18(14-17)27-2/h3-14,21,25H,1-2H3,(H,24,26)/t21-/m1/s1. The molecule has 0 heterocycles. The van der Waals surface area contributed by atoms with Crippen LogP contribution < -0.4 is 15.4 Å². The molecule has 138 valence electrons. The summed E-state index contributed by atoms with van der Waals surface area (Å²) >= 11 is 6.35. The van der Waals surface area contributed by atoms with Crippen molar-refractivity contribution >= 4 is 28.9 Å². The zero-order valence-electron chi connectivity index (χ0n) is 15.2. The number of methoxy groups -OCH3 is 1. The molecule has 0 aliphatic carbocycles. The van der Waals surface area contributed by atoms with Crippen LogP contribution in [-0.4, -0.2) is 13.0 Å². The van der Waals surface area contributed by atoms with Crippen molar-refractivity contribution in [2.45, 2.75) is 13.0 Å². The predicted octanol–water partition coefficient (Wildman–Crippen LogP) is 5.45. The molecule has 0 aliphatic heterocycles. The Kier molecular flexibility index (Phi) is 5.99. The van der Waals surface area contributed by atoms with E-state index < -0.39 is 6.04 Å². The van der Waals surface area contributed by atoms with E-state index in [1.165, 1.54) is 0 Å². The highest BCUT2D eigenvalue weighted by atomic mass is 35.5. The summed E-state index contributed by atoms with van der Waals surface area (Å²) in [6.45, 7) is 1.97. The molecule has 0 fully saturated rings. The van der Waals surface area contributed by atoms with Gasteiger partial charge in [0, 0.05) is 11.8 Å². The Labute approximate surface area is 164 Å². The van der Waals surface area contributed by atoms with Crippen molar-refractivity contribution in [1.82, 2.24) is 0 Å². The maximum absolute atomic E-state index is 13.0. The minimum atomic E-state index is -0.599. The molecule has 3 rings (SSSR count). The molecule has 0 saturated carbocycles. The van der Waals surface area contributed by atoms with Crippen molar-refractivity contribution < 1.29 is 9.53 Å². The van der Waals surface area contributed by atoms with Gasteiger partial charge in [-0.05, 0) is 42.3 Å². The lowest BCUT2D eigenvalue weighted by atomic mass is 10.1. The Morgan fingerprint density at radius 3 is 2.48 bits per heavy atom. The number of nitrogens with one attached hydrogen (secondary N) is 2. The van der Waals surface area contributed by atoms with Crippen LogP contribution in [0.5, 0.6) is 5.75 Å². The molecule has 0 spiro atoms. The number of amides is 1. The monoisotopic (exact) mass is 380 g/mol.